The Kier molecular flexibility index (Phi) is 66.2. The maximum absolute atomic E-state index is 13.1. The molecule has 0 spiro atoms. The van der Waals surface area contributed by atoms with Crippen LogP contribution in [0.1, 0.15) is 395 Å². The highest BCUT2D eigenvalue weighted by Gasteiger charge is 2.30. The van der Waals surface area contributed by atoms with Crippen LogP contribution in [0.4, 0.5) is 0 Å². The molecule has 7 atom stereocenters. The smallest absolute Gasteiger partial charge is 0.462 e. The van der Waals surface area contributed by atoms with Crippen molar-refractivity contribution in [1.29, 1.82) is 0 Å². The van der Waals surface area contributed by atoms with Gasteiger partial charge in [0.15, 0.2) is 12.2 Å². The van der Waals surface area contributed by atoms with Gasteiger partial charge >= 0.3 is 39.5 Å². The van der Waals surface area contributed by atoms with Crippen molar-refractivity contribution < 1.29 is 80.2 Å². The molecule has 0 aromatic heterocycles. The number of carbonyl (C=O) groups excluding carboxylic acids is 4. The summed E-state index contributed by atoms with van der Waals surface area (Å²) < 4.78 is 68.5. The van der Waals surface area contributed by atoms with E-state index in [1.807, 2.05) is 0 Å². The molecule has 0 heterocycles. The van der Waals surface area contributed by atoms with Gasteiger partial charge in [-0.05, 0) is 43.4 Å². The van der Waals surface area contributed by atoms with Gasteiger partial charge in [0.2, 0.25) is 0 Å². The number of hydrogen-bond acceptors (Lipinski definition) is 15. The minimum atomic E-state index is -4.96. The van der Waals surface area contributed by atoms with Gasteiger partial charge in [0.05, 0.1) is 26.4 Å². The molecule has 3 N–H and O–H groups in total. The minimum absolute atomic E-state index is 0.103. The quantitative estimate of drug-likeness (QED) is 0.0222. The monoisotopic (exact) mass is 1410 g/mol. The Morgan fingerprint density at radius 1 is 0.302 bits per heavy atom. The minimum Gasteiger partial charge on any atom is -0.462 e. The lowest BCUT2D eigenvalue weighted by Crippen LogP contribution is -2.30. The molecular weight excluding hydrogens is 1260 g/mol. The fourth-order valence-corrected chi connectivity index (χ4v) is 13.3. The van der Waals surface area contributed by atoms with Crippen LogP contribution in [0.5, 0.6) is 0 Å². The van der Waals surface area contributed by atoms with E-state index in [1.54, 1.807) is 0 Å². The first-order chi connectivity index (χ1) is 46.3. The number of phosphoric acid groups is 2. The zero-order valence-corrected chi connectivity index (χ0v) is 64.6. The molecule has 0 rings (SSSR count). The van der Waals surface area contributed by atoms with E-state index in [0.29, 0.717) is 25.7 Å². The predicted octanol–water partition coefficient (Wildman–Crippen LogP) is 22.6. The van der Waals surface area contributed by atoms with Crippen LogP contribution in [0.3, 0.4) is 0 Å². The van der Waals surface area contributed by atoms with Crippen LogP contribution in [0.15, 0.2) is 0 Å². The van der Waals surface area contributed by atoms with E-state index in [1.165, 1.54) is 205 Å². The summed E-state index contributed by atoms with van der Waals surface area (Å²) in [7, 11) is -9.91. The third-order valence-electron chi connectivity index (χ3n) is 18.6. The summed E-state index contributed by atoms with van der Waals surface area (Å²) in [6.45, 7) is 11.9. The third kappa shape index (κ3) is 67.9. The number of aliphatic hydroxyl groups is 1. The lowest BCUT2D eigenvalue weighted by atomic mass is 9.99. The van der Waals surface area contributed by atoms with Gasteiger partial charge in [0.1, 0.15) is 19.3 Å². The highest BCUT2D eigenvalue weighted by atomic mass is 31.2. The molecule has 0 aliphatic carbocycles. The summed E-state index contributed by atoms with van der Waals surface area (Å²) in [5.74, 6) is 0.259. The number of rotatable bonds is 75. The van der Waals surface area contributed by atoms with Crippen LogP contribution in [0, 0.1) is 17.8 Å². The number of hydrogen-bond donors (Lipinski definition) is 3. The van der Waals surface area contributed by atoms with Crippen LogP contribution < -0.4 is 0 Å². The molecule has 0 aromatic rings. The average Bonchev–Trinajstić information content (AvgIpc) is 1.88. The summed E-state index contributed by atoms with van der Waals surface area (Å²) >= 11 is 0. The molecule has 17 nitrogen and oxygen atoms in total. The zero-order valence-electron chi connectivity index (χ0n) is 62.8. The molecule has 0 aromatic carbocycles. The Hall–Kier alpha value is -1.94. The largest absolute Gasteiger partial charge is 0.472 e. The summed E-state index contributed by atoms with van der Waals surface area (Å²) in [6.07, 6.45) is 54.2. The van der Waals surface area contributed by atoms with Gasteiger partial charge in [-0.25, -0.2) is 9.13 Å². The topological polar surface area (TPSA) is 237 Å². The number of carbonyl (C=O) groups is 4. The van der Waals surface area contributed by atoms with E-state index in [2.05, 4.69) is 48.5 Å². The molecule has 96 heavy (non-hydrogen) atoms. The maximum Gasteiger partial charge on any atom is 0.472 e. The molecule has 19 heteroatoms. The molecular formula is C77H150O17P2. The molecule has 4 unspecified atom stereocenters. The van der Waals surface area contributed by atoms with Gasteiger partial charge in [-0.2, -0.15) is 0 Å². The zero-order chi connectivity index (χ0) is 70.9. The van der Waals surface area contributed by atoms with Crippen molar-refractivity contribution in [3.8, 4) is 0 Å². The normalized spacial score (nSPS) is 14.6. The number of unbranched alkanes of at least 4 members (excludes halogenated alkanes) is 41. The van der Waals surface area contributed by atoms with Crippen LogP contribution in [-0.2, 0) is 65.4 Å². The van der Waals surface area contributed by atoms with Gasteiger partial charge in [-0.1, -0.05) is 344 Å². The van der Waals surface area contributed by atoms with Crippen LogP contribution in [0.25, 0.3) is 0 Å². The van der Waals surface area contributed by atoms with E-state index in [0.717, 1.165) is 108 Å². The van der Waals surface area contributed by atoms with Crippen molar-refractivity contribution in [2.45, 2.75) is 414 Å². The third-order valence-corrected chi connectivity index (χ3v) is 20.5. The lowest BCUT2D eigenvalue weighted by Gasteiger charge is -2.21. The Labute approximate surface area is 588 Å². The lowest BCUT2D eigenvalue weighted by molar-refractivity contribution is -0.161. The van der Waals surface area contributed by atoms with Gasteiger partial charge in [0, 0.05) is 25.7 Å². The Morgan fingerprint density at radius 2 is 0.531 bits per heavy atom. The molecule has 0 radical (unpaired) electrons. The van der Waals surface area contributed by atoms with Crippen LogP contribution >= 0.6 is 15.6 Å². The molecule has 0 aliphatic heterocycles. The fraction of sp³-hybridized carbons (Fsp3) is 0.948. The first-order valence-corrected chi connectivity index (χ1v) is 42.9. The van der Waals surface area contributed by atoms with Crippen molar-refractivity contribution in [2.24, 2.45) is 17.8 Å². The van der Waals surface area contributed by atoms with Crippen molar-refractivity contribution in [2.75, 3.05) is 39.6 Å². The van der Waals surface area contributed by atoms with Gasteiger partial charge in [0.25, 0.3) is 0 Å². The van der Waals surface area contributed by atoms with Crippen LogP contribution in [-0.4, -0.2) is 96.7 Å². The number of esters is 4. The van der Waals surface area contributed by atoms with E-state index >= 15 is 0 Å². The van der Waals surface area contributed by atoms with Gasteiger partial charge in [-0.3, -0.25) is 37.3 Å². The number of ether oxygens (including phenoxy) is 4. The SMILES string of the molecule is CCCCCCCCCCCC(=O)OC[C@H](COP(=O)(O)OC[C@H](O)COP(=O)(O)OC[C@@H](COC(=O)CCCCCCCCCCCCCCCCC(C)CC)OC(=O)CCCCCCCCCCCCCCCCCCC(C)C)OC(=O)CCCCCCCCC(C)CC. The number of phosphoric ester groups is 2. The van der Waals surface area contributed by atoms with Crippen molar-refractivity contribution in [3.05, 3.63) is 0 Å². The molecule has 0 saturated carbocycles. The van der Waals surface area contributed by atoms with E-state index < -0.39 is 97.5 Å². The van der Waals surface area contributed by atoms with E-state index in [9.17, 15) is 43.2 Å². The first kappa shape index (κ1) is 94.1. The Morgan fingerprint density at radius 3 is 0.792 bits per heavy atom. The highest BCUT2D eigenvalue weighted by Crippen LogP contribution is 2.45. The van der Waals surface area contributed by atoms with Gasteiger partial charge in [-0.15, -0.1) is 0 Å². The molecule has 0 amide bonds. The van der Waals surface area contributed by atoms with E-state index in [4.69, 9.17) is 37.0 Å². The fourth-order valence-electron chi connectivity index (χ4n) is 11.7. The van der Waals surface area contributed by atoms with Crippen molar-refractivity contribution >= 4 is 39.5 Å². The van der Waals surface area contributed by atoms with Crippen LogP contribution in [0.2, 0.25) is 0 Å². The molecule has 0 saturated heterocycles. The second-order valence-corrected chi connectivity index (χ2v) is 31.6. The highest BCUT2D eigenvalue weighted by molar-refractivity contribution is 7.47. The summed E-state index contributed by atoms with van der Waals surface area (Å²) in [5.41, 5.74) is 0. The summed E-state index contributed by atoms with van der Waals surface area (Å²) in [4.78, 5) is 72.8. The summed E-state index contributed by atoms with van der Waals surface area (Å²) in [5, 5.41) is 10.6. The molecule has 0 fully saturated rings. The standard InChI is InChI=1S/C77H150O17P2/c1-8-11-12-13-14-29-36-44-51-58-74(79)87-65-73(94-77(82)61-54-47-40-39-43-50-57-70(7)10-3)67-92-96(85,86)90-63-71(78)62-89-95(83,84)91-66-72(64-88-75(80)59-52-45-37-32-27-23-20-19-22-26-31-35-42-49-56-69(6)9-2)93-76(81)60-53-46-38-33-28-24-18-16-15-17-21-25-30-34-41-48-55-68(4)5/h68-73,78H,8-67H2,1-7H3,(H,83,84)(H,85,86)/t69?,70?,71-,72-,73-/m1/s1. The molecule has 0 bridgehead atoms. The maximum atomic E-state index is 13.1. The average molecular weight is 1410 g/mol. The Balaban J connectivity index is 5.21. The second-order valence-electron chi connectivity index (χ2n) is 28.7. The van der Waals surface area contributed by atoms with Crippen molar-refractivity contribution in [3.63, 3.8) is 0 Å². The van der Waals surface area contributed by atoms with E-state index in [-0.39, 0.29) is 25.7 Å². The predicted molar refractivity (Wildman–Crippen MR) is 391 cm³/mol. The molecule has 0 aliphatic rings. The summed E-state index contributed by atoms with van der Waals surface area (Å²) in [6, 6.07) is 0. The van der Waals surface area contributed by atoms with Gasteiger partial charge < -0.3 is 33.8 Å². The second kappa shape index (κ2) is 67.5. The first-order valence-electron chi connectivity index (χ1n) is 39.9. The molecule has 570 valence electrons. The van der Waals surface area contributed by atoms with Crippen molar-refractivity contribution in [1.82, 2.24) is 0 Å². The Bertz CT molecular complexity index is 1870. The number of aliphatic hydroxyl groups excluding tert-OH is 1.